The average Bonchev–Trinajstić information content (AvgIpc) is 2.60. The molecular formula is C18H16FNO4. The number of fused-ring (bicyclic) bond motifs is 1. The molecule has 0 amide bonds. The first-order valence-corrected chi connectivity index (χ1v) is 7.53. The Morgan fingerprint density at radius 3 is 2.88 bits per heavy atom. The summed E-state index contributed by atoms with van der Waals surface area (Å²) in [6.45, 7) is 2.85. The van der Waals surface area contributed by atoms with E-state index in [1.165, 1.54) is 12.1 Å². The third-order valence-corrected chi connectivity index (χ3v) is 3.51. The predicted molar refractivity (Wildman–Crippen MR) is 83.3 cm³/mol. The first-order valence-electron chi connectivity index (χ1n) is 7.53. The van der Waals surface area contributed by atoms with Crippen LogP contribution >= 0.6 is 0 Å². The molecule has 0 fully saturated rings. The van der Waals surface area contributed by atoms with Gasteiger partial charge in [0.25, 0.3) is 0 Å². The summed E-state index contributed by atoms with van der Waals surface area (Å²) < 4.78 is 35.7. The number of halogens is 1. The van der Waals surface area contributed by atoms with Gasteiger partial charge in [-0.1, -0.05) is 0 Å². The lowest BCUT2D eigenvalue weighted by molar-refractivity contribution is -0.0178. The zero-order chi connectivity index (χ0) is 16.9. The van der Waals surface area contributed by atoms with Crippen molar-refractivity contribution in [1.82, 2.24) is 0 Å². The van der Waals surface area contributed by atoms with Gasteiger partial charge in [-0.25, -0.2) is 4.39 Å². The molecule has 124 valence electrons. The van der Waals surface area contributed by atoms with Gasteiger partial charge in [0.2, 0.25) is 0 Å². The molecule has 6 heteroatoms. The SMILES string of the molecule is CCOc1cc(C#N)ccc1OCc1cc(F)cc2c1OCOC2. The van der Waals surface area contributed by atoms with Crippen LogP contribution < -0.4 is 14.2 Å². The molecule has 5 nitrogen and oxygen atoms in total. The Balaban J connectivity index is 1.84. The lowest BCUT2D eigenvalue weighted by Crippen LogP contribution is -2.14. The Bertz CT molecular complexity index is 785. The topological polar surface area (TPSA) is 60.7 Å². The van der Waals surface area contributed by atoms with Crippen LogP contribution in [0, 0.1) is 17.1 Å². The van der Waals surface area contributed by atoms with Gasteiger partial charge in [-0.05, 0) is 31.2 Å². The van der Waals surface area contributed by atoms with Crippen molar-refractivity contribution < 1.29 is 23.3 Å². The minimum atomic E-state index is -0.369. The summed E-state index contributed by atoms with van der Waals surface area (Å²) in [5, 5.41) is 8.98. The molecule has 1 aliphatic rings. The Kier molecular flexibility index (Phi) is 4.82. The van der Waals surface area contributed by atoms with Gasteiger partial charge in [-0.15, -0.1) is 0 Å². The number of hydrogen-bond donors (Lipinski definition) is 0. The maximum Gasteiger partial charge on any atom is 0.189 e. The van der Waals surface area contributed by atoms with Crippen molar-refractivity contribution in [3.05, 3.63) is 52.8 Å². The summed E-state index contributed by atoms with van der Waals surface area (Å²) in [6.07, 6.45) is 0. The molecular weight excluding hydrogens is 313 g/mol. The van der Waals surface area contributed by atoms with Crippen LogP contribution in [0.4, 0.5) is 4.39 Å². The normalized spacial score (nSPS) is 12.7. The number of nitriles is 1. The van der Waals surface area contributed by atoms with Crippen LogP contribution in [0.5, 0.6) is 17.2 Å². The third-order valence-electron chi connectivity index (χ3n) is 3.51. The maximum atomic E-state index is 13.8. The van der Waals surface area contributed by atoms with Crippen LogP contribution in [0.2, 0.25) is 0 Å². The second-order valence-corrected chi connectivity index (χ2v) is 5.16. The summed E-state index contributed by atoms with van der Waals surface area (Å²) in [4.78, 5) is 0. The Morgan fingerprint density at radius 1 is 1.21 bits per heavy atom. The van der Waals surface area contributed by atoms with E-state index in [4.69, 9.17) is 24.2 Å². The van der Waals surface area contributed by atoms with Gasteiger partial charge in [0, 0.05) is 17.2 Å². The first kappa shape index (κ1) is 16.1. The van der Waals surface area contributed by atoms with Crippen molar-refractivity contribution in [1.29, 1.82) is 5.26 Å². The molecule has 1 aliphatic heterocycles. The number of hydrogen-bond acceptors (Lipinski definition) is 5. The predicted octanol–water partition coefficient (Wildman–Crippen LogP) is 3.54. The van der Waals surface area contributed by atoms with Crippen LogP contribution in [0.15, 0.2) is 30.3 Å². The second kappa shape index (κ2) is 7.20. The highest BCUT2D eigenvalue weighted by molar-refractivity contribution is 5.47. The van der Waals surface area contributed by atoms with E-state index in [0.717, 1.165) is 0 Å². The Labute approximate surface area is 139 Å². The first-order chi connectivity index (χ1) is 11.7. The number of rotatable bonds is 5. The van der Waals surface area contributed by atoms with Crippen molar-refractivity contribution in [2.45, 2.75) is 20.1 Å². The van der Waals surface area contributed by atoms with Gasteiger partial charge in [-0.3, -0.25) is 0 Å². The molecule has 0 unspecified atom stereocenters. The number of nitrogens with zero attached hydrogens (tertiary/aromatic N) is 1. The molecule has 0 atom stereocenters. The summed E-state index contributed by atoms with van der Waals surface area (Å²) in [5.74, 6) is 1.19. The second-order valence-electron chi connectivity index (χ2n) is 5.16. The monoisotopic (exact) mass is 329 g/mol. The van der Waals surface area contributed by atoms with Crippen molar-refractivity contribution in [2.24, 2.45) is 0 Å². The molecule has 24 heavy (non-hydrogen) atoms. The van der Waals surface area contributed by atoms with E-state index in [9.17, 15) is 4.39 Å². The van der Waals surface area contributed by atoms with E-state index in [1.54, 1.807) is 18.2 Å². The molecule has 3 rings (SSSR count). The standard InChI is InChI=1S/C18H16FNO4/c1-2-22-17-5-12(8-20)3-4-16(17)23-10-14-7-15(19)6-13-9-21-11-24-18(13)14/h3-7H,2,9-11H2,1H3. The fraction of sp³-hybridized carbons (Fsp3) is 0.278. The average molecular weight is 329 g/mol. The summed E-state index contributed by atoms with van der Waals surface area (Å²) in [6, 6.07) is 9.76. The number of ether oxygens (including phenoxy) is 4. The highest BCUT2D eigenvalue weighted by Crippen LogP contribution is 2.33. The van der Waals surface area contributed by atoms with Crippen molar-refractivity contribution in [3.8, 4) is 23.3 Å². The highest BCUT2D eigenvalue weighted by Gasteiger charge is 2.18. The minimum absolute atomic E-state index is 0.117. The quantitative estimate of drug-likeness (QED) is 0.839. The number of benzene rings is 2. The zero-order valence-corrected chi connectivity index (χ0v) is 13.2. The lowest BCUT2D eigenvalue weighted by Gasteiger charge is -2.21. The van der Waals surface area contributed by atoms with Crippen LogP contribution in [0.3, 0.4) is 0 Å². The van der Waals surface area contributed by atoms with Crippen LogP contribution in [0.1, 0.15) is 23.6 Å². The van der Waals surface area contributed by atoms with Gasteiger partial charge in [-0.2, -0.15) is 5.26 Å². The Morgan fingerprint density at radius 2 is 2.08 bits per heavy atom. The lowest BCUT2D eigenvalue weighted by atomic mass is 10.1. The smallest absolute Gasteiger partial charge is 0.189 e. The van der Waals surface area contributed by atoms with E-state index in [2.05, 4.69) is 6.07 Å². The molecule has 0 bridgehead atoms. The van der Waals surface area contributed by atoms with Gasteiger partial charge in [0.1, 0.15) is 18.2 Å². The summed E-state index contributed by atoms with van der Waals surface area (Å²) >= 11 is 0. The minimum Gasteiger partial charge on any atom is -0.490 e. The molecule has 2 aromatic rings. The van der Waals surface area contributed by atoms with E-state index >= 15 is 0 Å². The molecule has 0 saturated carbocycles. The van der Waals surface area contributed by atoms with E-state index in [0.29, 0.717) is 47.2 Å². The molecule has 0 radical (unpaired) electrons. The van der Waals surface area contributed by atoms with E-state index < -0.39 is 0 Å². The molecule has 0 N–H and O–H groups in total. The molecule has 1 heterocycles. The zero-order valence-electron chi connectivity index (χ0n) is 13.2. The van der Waals surface area contributed by atoms with Crippen molar-refractivity contribution in [2.75, 3.05) is 13.4 Å². The fourth-order valence-electron chi connectivity index (χ4n) is 2.48. The Hall–Kier alpha value is -2.78. The van der Waals surface area contributed by atoms with Gasteiger partial charge >= 0.3 is 0 Å². The highest BCUT2D eigenvalue weighted by atomic mass is 19.1. The van der Waals surface area contributed by atoms with Crippen molar-refractivity contribution >= 4 is 0 Å². The third kappa shape index (κ3) is 3.42. The van der Waals surface area contributed by atoms with Crippen molar-refractivity contribution in [3.63, 3.8) is 0 Å². The summed E-state index contributed by atoms with van der Waals surface area (Å²) in [5.41, 5.74) is 1.74. The molecule has 0 aliphatic carbocycles. The molecule has 2 aromatic carbocycles. The van der Waals surface area contributed by atoms with Crippen LogP contribution in [0.25, 0.3) is 0 Å². The van der Waals surface area contributed by atoms with E-state index in [1.807, 2.05) is 6.92 Å². The fourth-order valence-corrected chi connectivity index (χ4v) is 2.48. The molecule has 0 aromatic heterocycles. The molecule has 0 spiro atoms. The van der Waals surface area contributed by atoms with Gasteiger partial charge in [0.15, 0.2) is 18.3 Å². The van der Waals surface area contributed by atoms with Crippen LogP contribution in [-0.2, 0) is 18.0 Å². The molecule has 0 saturated heterocycles. The van der Waals surface area contributed by atoms with Crippen LogP contribution in [-0.4, -0.2) is 13.4 Å². The van der Waals surface area contributed by atoms with Gasteiger partial charge < -0.3 is 18.9 Å². The van der Waals surface area contributed by atoms with Gasteiger partial charge in [0.05, 0.1) is 24.8 Å². The maximum absolute atomic E-state index is 13.8. The summed E-state index contributed by atoms with van der Waals surface area (Å²) in [7, 11) is 0. The van der Waals surface area contributed by atoms with E-state index in [-0.39, 0.29) is 19.2 Å². The largest absolute Gasteiger partial charge is 0.490 e.